The molecule has 1 heterocycles. The molecule has 3 rings (SSSR count). The molecule has 0 amide bonds. The van der Waals surface area contributed by atoms with Gasteiger partial charge in [0.1, 0.15) is 11.3 Å². The number of benzene rings is 1. The molecule has 2 N–H and O–H groups in total. The summed E-state index contributed by atoms with van der Waals surface area (Å²) in [6, 6.07) is 5.25. The smallest absolute Gasteiger partial charge is 0.151 e. The number of fused-ring (bicyclic) bond motifs is 1. The van der Waals surface area contributed by atoms with E-state index in [0.29, 0.717) is 23.9 Å². The fourth-order valence-corrected chi connectivity index (χ4v) is 3.70. The Morgan fingerprint density at radius 1 is 1.33 bits per heavy atom. The third-order valence-electron chi connectivity index (χ3n) is 4.75. The third kappa shape index (κ3) is 2.57. The molecule has 1 aliphatic rings. The van der Waals surface area contributed by atoms with Crippen LogP contribution in [0, 0.1) is 11.7 Å². The molecule has 21 heavy (non-hydrogen) atoms. The number of aryl methyl sites for hydroxylation is 1. The molecule has 0 radical (unpaired) electrons. The van der Waals surface area contributed by atoms with Gasteiger partial charge in [-0.15, -0.1) is 0 Å². The van der Waals surface area contributed by atoms with E-state index < -0.39 is 0 Å². The molecule has 0 aliphatic heterocycles. The summed E-state index contributed by atoms with van der Waals surface area (Å²) >= 11 is 0. The Balaban J connectivity index is 2.11. The summed E-state index contributed by atoms with van der Waals surface area (Å²) in [7, 11) is 0. The lowest BCUT2D eigenvalue weighted by Crippen LogP contribution is -2.27. The summed E-state index contributed by atoms with van der Waals surface area (Å²) < 4.78 is 16.3. The van der Waals surface area contributed by atoms with Crippen molar-refractivity contribution in [1.82, 2.24) is 9.55 Å². The van der Waals surface area contributed by atoms with Gasteiger partial charge in [-0.05, 0) is 43.9 Å². The maximum absolute atomic E-state index is 14.1. The Morgan fingerprint density at radius 3 is 2.90 bits per heavy atom. The Bertz CT molecular complexity index is 620. The third-order valence-corrected chi connectivity index (χ3v) is 4.75. The Kier molecular flexibility index (Phi) is 4.24. The minimum Gasteiger partial charge on any atom is -0.330 e. The van der Waals surface area contributed by atoms with E-state index in [2.05, 4.69) is 16.5 Å². The van der Waals surface area contributed by atoms with Crippen molar-refractivity contribution in [2.75, 3.05) is 6.54 Å². The van der Waals surface area contributed by atoms with E-state index in [1.807, 2.05) is 6.07 Å². The van der Waals surface area contributed by atoms with Gasteiger partial charge in [-0.1, -0.05) is 25.8 Å². The Labute approximate surface area is 125 Å². The van der Waals surface area contributed by atoms with Gasteiger partial charge < -0.3 is 10.3 Å². The van der Waals surface area contributed by atoms with Crippen LogP contribution in [0.25, 0.3) is 11.0 Å². The van der Waals surface area contributed by atoms with Crippen LogP contribution in [-0.4, -0.2) is 16.1 Å². The first-order valence-corrected chi connectivity index (χ1v) is 8.11. The number of nitrogens with zero attached hydrogens (tertiary/aromatic N) is 2. The maximum atomic E-state index is 14.1. The predicted molar refractivity (Wildman–Crippen MR) is 83.7 cm³/mol. The summed E-state index contributed by atoms with van der Waals surface area (Å²) in [6.07, 6.45) is 5.78. The van der Waals surface area contributed by atoms with Gasteiger partial charge >= 0.3 is 0 Å². The number of aromatic nitrogens is 2. The summed E-state index contributed by atoms with van der Waals surface area (Å²) in [5.41, 5.74) is 7.41. The molecular formula is C17H24FN3. The fourth-order valence-electron chi connectivity index (χ4n) is 3.70. The van der Waals surface area contributed by atoms with Crippen LogP contribution in [0.1, 0.15) is 50.8 Å². The first-order chi connectivity index (χ1) is 10.3. The Hall–Kier alpha value is -1.42. The highest BCUT2D eigenvalue weighted by Crippen LogP contribution is 2.38. The van der Waals surface area contributed by atoms with Crippen LogP contribution in [-0.2, 0) is 6.54 Å². The lowest BCUT2D eigenvalue weighted by molar-refractivity contribution is 0.298. The second-order valence-corrected chi connectivity index (χ2v) is 6.12. The molecule has 2 atom stereocenters. The number of hydrogen-bond donors (Lipinski definition) is 1. The average Bonchev–Trinajstić information content (AvgIpc) is 2.88. The van der Waals surface area contributed by atoms with Gasteiger partial charge in [0.15, 0.2) is 5.82 Å². The van der Waals surface area contributed by atoms with Crippen LogP contribution in [0.5, 0.6) is 0 Å². The molecule has 1 fully saturated rings. The van der Waals surface area contributed by atoms with Gasteiger partial charge in [0.2, 0.25) is 0 Å². The normalized spacial score (nSPS) is 22.8. The van der Waals surface area contributed by atoms with Crippen LogP contribution < -0.4 is 5.73 Å². The molecule has 1 aromatic carbocycles. The van der Waals surface area contributed by atoms with Gasteiger partial charge in [0.05, 0.1) is 5.52 Å². The minimum atomic E-state index is -0.219. The highest BCUT2D eigenvalue weighted by molar-refractivity contribution is 5.76. The highest BCUT2D eigenvalue weighted by atomic mass is 19.1. The molecule has 0 bridgehead atoms. The molecule has 4 heteroatoms. The molecule has 0 saturated heterocycles. The van der Waals surface area contributed by atoms with Crippen LogP contribution in [0.4, 0.5) is 4.39 Å². The molecule has 1 aliphatic carbocycles. The van der Waals surface area contributed by atoms with Crippen molar-refractivity contribution in [2.24, 2.45) is 11.7 Å². The quantitative estimate of drug-likeness (QED) is 0.930. The zero-order chi connectivity index (χ0) is 14.8. The number of imidazole rings is 1. The predicted octanol–water partition coefficient (Wildman–Crippen LogP) is 3.82. The monoisotopic (exact) mass is 289 g/mol. The second kappa shape index (κ2) is 6.14. The summed E-state index contributed by atoms with van der Waals surface area (Å²) in [5, 5.41) is 0. The average molecular weight is 289 g/mol. The number of nitrogens with two attached hydrogens (primary N) is 1. The first-order valence-electron chi connectivity index (χ1n) is 8.11. The molecule has 1 saturated carbocycles. The zero-order valence-corrected chi connectivity index (χ0v) is 12.7. The van der Waals surface area contributed by atoms with E-state index in [1.54, 1.807) is 6.07 Å². The van der Waals surface area contributed by atoms with E-state index >= 15 is 0 Å². The maximum Gasteiger partial charge on any atom is 0.151 e. The first kappa shape index (κ1) is 14.5. The molecule has 2 aromatic rings. The minimum absolute atomic E-state index is 0.219. The molecule has 3 nitrogen and oxygen atoms in total. The van der Waals surface area contributed by atoms with Gasteiger partial charge in [0, 0.05) is 12.5 Å². The van der Waals surface area contributed by atoms with Crippen molar-refractivity contribution in [3.8, 4) is 0 Å². The summed E-state index contributed by atoms with van der Waals surface area (Å²) in [4.78, 5) is 4.69. The van der Waals surface area contributed by atoms with Crippen LogP contribution >= 0.6 is 0 Å². The molecule has 2 unspecified atom stereocenters. The highest BCUT2D eigenvalue weighted by Gasteiger charge is 2.30. The second-order valence-electron chi connectivity index (χ2n) is 6.12. The van der Waals surface area contributed by atoms with Crippen molar-refractivity contribution in [2.45, 2.75) is 51.5 Å². The van der Waals surface area contributed by atoms with E-state index in [0.717, 1.165) is 30.7 Å². The standard InChI is InChI=1S/C17H24FN3/c1-2-10-21-15-9-5-8-14(18)16(15)20-17(21)13-7-4-3-6-12(13)11-19/h5,8-9,12-13H,2-4,6-7,10-11,19H2,1H3. The number of halogens is 1. The van der Waals surface area contributed by atoms with Crippen LogP contribution in [0.15, 0.2) is 18.2 Å². The van der Waals surface area contributed by atoms with Crippen molar-refractivity contribution >= 4 is 11.0 Å². The van der Waals surface area contributed by atoms with Crippen molar-refractivity contribution in [1.29, 1.82) is 0 Å². The SMILES string of the molecule is CCCn1c(C2CCCCC2CN)nc2c(F)cccc21. The fraction of sp³-hybridized carbons (Fsp3) is 0.588. The largest absolute Gasteiger partial charge is 0.330 e. The van der Waals surface area contributed by atoms with Crippen molar-refractivity contribution in [3.05, 3.63) is 29.8 Å². The molecule has 114 valence electrons. The summed E-state index contributed by atoms with van der Waals surface area (Å²) in [6.45, 7) is 3.74. The molecule has 0 spiro atoms. The van der Waals surface area contributed by atoms with Gasteiger partial charge in [-0.25, -0.2) is 9.37 Å². The van der Waals surface area contributed by atoms with Crippen LogP contribution in [0.3, 0.4) is 0 Å². The van der Waals surface area contributed by atoms with Crippen LogP contribution in [0.2, 0.25) is 0 Å². The Morgan fingerprint density at radius 2 is 2.14 bits per heavy atom. The lowest BCUT2D eigenvalue weighted by atomic mass is 9.78. The van der Waals surface area contributed by atoms with Gasteiger partial charge in [0.25, 0.3) is 0 Å². The topological polar surface area (TPSA) is 43.8 Å². The van der Waals surface area contributed by atoms with Crippen molar-refractivity contribution < 1.29 is 4.39 Å². The van der Waals surface area contributed by atoms with E-state index in [-0.39, 0.29) is 5.82 Å². The van der Waals surface area contributed by atoms with E-state index in [9.17, 15) is 4.39 Å². The van der Waals surface area contributed by atoms with Crippen molar-refractivity contribution in [3.63, 3.8) is 0 Å². The van der Waals surface area contributed by atoms with E-state index in [4.69, 9.17) is 5.73 Å². The molecule has 1 aromatic heterocycles. The number of rotatable bonds is 4. The van der Waals surface area contributed by atoms with E-state index in [1.165, 1.54) is 25.3 Å². The number of hydrogen-bond acceptors (Lipinski definition) is 2. The zero-order valence-electron chi connectivity index (χ0n) is 12.7. The number of para-hydroxylation sites is 1. The van der Waals surface area contributed by atoms with Gasteiger partial charge in [-0.3, -0.25) is 0 Å². The lowest BCUT2D eigenvalue weighted by Gasteiger charge is -2.30. The molecular weight excluding hydrogens is 265 g/mol. The summed E-state index contributed by atoms with van der Waals surface area (Å²) in [5.74, 6) is 1.69. The van der Waals surface area contributed by atoms with Gasteiger partial charge in [-0.2, -0.15) is 0 Å².